The highest BCUT2D eigenvalue weighted by Crippen LogP contribution is 2.20. The first-order valence-corrected chi connectivity index (χ1v) is 9.05. The smallest absolute Gasteiger partial charge is 0.377 e. The molecule has 1 aliphatic heterocycles. The van der Waals surface area contributed by atoms with E-state index in [-0.39, 0.29) is 12.5 Å². The van der Waals surface area contributed by atoms with Gasteiger partial charge in [-0.25, -0.2) is 4.79 Å². The molecule has 26 heavy (non-hydrogen) atoms. The van der Waals surface area contributed by atoms with Crippen LogP contribution in [0.5, 0.6) is 0 Å². The van der Waals surface area contributed by atoms with Crippen molar-refractivity contribution in [3.63, 3.8) is 0 Å². The maximum atomic E-state index is 12.5. The minimum absolute atomic E-state index is 0.0324. The lowest BCUT2D eigenvalue weighted by Gasteiger charge is -2.26. The molecule has 0 aromatic heterocycles. The Kier molecular flexibility index (Phi) is 7.74. The minimum Gasteiger partial charge on any atom is -0.455 e. The number of esters is 1. The molecule has 0 unspecified atom stereocenters. The third kappa shape index (κ3) is 5.37. The van der Waals surface area contributed by atoms with E-state index < -0.39 is 23.8 Å². The van der Waals surface area contributed by atoms with Crippen LogP contribution in [-0.4, -0.2) is 47.7 Å². The van der Waals surface area contributed by atoms with Crippen LogP contribution in [0.4, 0.5) is 0 Å². The Hall–Kier alpha value is -2.25. The van der Waals surface area contributed by atoms with Gasteiger partial charge < -0.3 is 21.1 Å². The molecule has 1 aliphatic rings. The van der Waals surface area contributed by atoms with Gasteiger partial charge in [-0.05, 0) is 37.8 Å². The number of carbonyl (C=O) groups excluding carboxylic acids is 3. The highest BCUT2D eigenvalue weighted by molar-refractivity contribution is 6.36. The van der Waals surface area contributed by atoms with E-state index in [2.05, 4.69) is 0 Å². The molecule has 1 aromatic carbocycles. The van der Waals surface area contributed by atoms with Crippen LogP contribution >= 0.6 is 0 Å². The van der Waals surface area contributed by atoms with Crippen molar-refractivity contribution in [3.8, 4) is 0 Å². The molecule has 1 aromatic rings. The molecule has 1 heterocycles. The van der Waals surface area contributed by atoms with Gasteiger partial charge in [-0.1, -0.05) is 36.8 Å². The van der Waals surface area contributed by atoms with Gasteiger partial charge in [0, 0.05) is 6.54 Å². The number of ether oxygens (including phenoxy) is 1. The third-order valence-electron chi connectivity index (χ3n) is 4.54. The number of unbranched alkanes of at least 4 members (excludes halogenated alkanes) is 1. The molecular formula is C19H27N3O4. The van der Waals surface area contributed by atoms with Crippen molar-refractivity contribution >= 4 is 17.7 Å². The Bertz CT molecular complexity index is 620. The lowest BCUT2D eigenvalue weighted by molar-refractivity contribution is -0.158. The first kappa shape index (κ1) is 20.1. The van der Waals surface area contributed by atoms with Crippen molar-refractivity contribution in [2.24, 2.45) is 11.5 Å². The second-order valence-electron chi connectivity index (χ2n) is 6.51. The second kappa shape index (κ2) is 10.0. The summed E-state index contributed by atoms with van der Waals surface area (Å²) in [5.41, 5.74) is 12.2. The SMILES string of the molecule is NCCCC[C@H](N)C(=O)N1CCC[C@H]1C(=O)C(=O)OCc1ccccc1. The highest BCUT2D eigenvalue weighted by atomic mass is 16.5. The number of rotatable bonds is 9. The fourth-order valence-corrected chi connectivity index (χ4v) is 3.08. The van der Waals surface area contributed by atoms with Gasteiger partial charge in [0.25, 0.3) is 5.78 Å². The van der Waals surface area contributed by atoms with Gasteiger partial charge >= 0.3 is 5.97 Å². The van der Waals surface area contributed by atoms with E-state index in [0.717, 1.165) is 18.4 Å². The average molecular weight is 361 g/mol. The number of hydrogen-bond acceptors (Lipinski definition) is 6. The summed E-state index contributed by atoms with van der Waals surface area (Å²) >= 11 is 0. The molecular weight excluding hydrogens is 334 g/mol. The van der Waals surface area contributed by atoms with Crippen LogP contribution in [0.15, 0.2) is 30.3 Å². The zero-order valence-corrected chi connectivity index (χ0v) is 14.9. The molecule has 2 rings (SSSR count). The van der Waals surface area contributed by atoms with Gasteiger partial charge in [0.1, 0.15) is 12.6 Å². The first-order valence-electron chi connectivity index (χ1n) is 9.05. The zero-order chi connectivity index (χ0) is 18.9. The van der Waals surface area contributed by atoms with Crippen LogP contribution in [0.2, 0.25) is 0 Å². The Morgan fingerprint density at radius 2 is 1.92 bits per heavy atom. The standard InChI is InChI=1S/C19H27N3O4/c20-11-5-4-9-15(21)18(24)22-12-6-10-16(22)17(23)19(25)26-13-14-7-2-1-3-8-14/h1-3,7-8,15-16H,4-6,9-13,20-21H2/t15-,16-/m0/s1. The summed E-state index contributed by atoms with van der Waals surface area (Å²) in [6.07, 6.45) is 3.21. The van der Waals surface area contributed by atoms with Gasteiger partial charge in [0.2, 0.25) is 5.91 Å². The summed E-state index contributed by atoms with van der Waals surface area (Å²) in [5, 5.41) is 0. The number of ketones is 1. The largest absolute Gasteiger partial charge is 0.455 e. The third-order valence-corrected chi connectivity index (χ3v) is 4.54. The lowest BCUT2D eigenvalue weighted by Crippen LogP contribution is -2.50. The van der Waals surface area contributed by atoms with Gasteiger partial charge in [0.05, 0.1) is 6.04 Å². The van der Waals surface area contributed by atoms with E-state index in [0.29, 0.717) is 32.4 Å². The molecule has 0 spiro atoms. The van der Waals surface area contributed by atoms with Crippen molar-refractivity contribution in [1.29, 1.82) is 0 Å². The predicted octanol–water partition coefficient (Wildman–Crippen LogP) is 0.746. The fourth-order valence-electron chi connectivity index (χ4n) is 3.08. The summed E-state index contributed by atoms with van der Waals surface area (Å²) in [4.78, 5) is 38.5. The van der Waals surface area contributed by atoms with Crippen LogP contribution in [0.3, 0.4) is 0 Å². The molecule has 7 heteroatoms. The maximum Gasteiger partial charge on any atom is 0.377 e. The zero-order valence-electron chi connectivity index (χ0n) is 14.9. The molecule has 0 aliphatic carbocycles. The topological polar surface area (TPSA) is 116 Å². The normalized spacial score (nSPS) is 17.8. The van der Waals surface area contributed by atoms with Crippen molar-refractivity contribution in [2.75, 3.05) is 13.1 Å². The molecule has 142 valence electrons. The summed E-state index contributed by atoms with van der Waals surface area (Å²) in [6.45, 7) is 1.02. The Morgan fingerprint density at radius 3 is 2.62 bits per heavy atom. The van der Waals surface area contributed by atoms with Crippen LogP contribution in [0, 0.1) is 0 Å². The number of nitrogens with two attached hydrogens (primary N) is 2. The van der Waals surface area contributed by atoms with E-state index >= 15 is 0 Å². The Labute approximate surface area is 153 Å². The van der Waals surface area contributed by atoms with E-state index in [1.807, 2.05) is 30.3 Å². The van der Waals surface area contributed by atoms with Crippen molar-refractivity contribution in [3.05, 3.63) is 35.9 Å². The van der Waals surface area contributed by atoms with Crippen molar-refractivity contribution in [2.45, 2.75) is 50.8 Å². The molecule has 1 amide bonds. The van der Waals surface area contributed by atoms with Crippen molar-refractivity contribution in [1.82, 2.24) is 4.90 Å². The summed E-state index contributed by atoms with van der Waals surface area (Å²) in [5.74, 6) is -1.87. The molecule has 0 bridgehead atoms. The van der Waals surface area contributed by atoms with Crippen molar-refractivity contribution < 1.29 is 19.1 Å². The van der Waals surface area contributed by atoms with Gasteiger partial charge in [-0.3, -0.25) is 9.59 Å². The van der Waals surface area contributed by atoms with Crippen LogP contribution in [-0.2, 0) is 25.7 Å². The molecule has 0 radical (unpaired) electrons. The van der Waals surface area contributed by atoms with E-state index in [9.17, 15) is 14.4 Å². The highest BCUT2D eigenvalue weighted by Gasteiger charge is 2.39. The molecule has 4 N–H and O–H groups in total. The van der Waals surface area contributed by atoms with Crippen LogP contribution in [0.25, 0.3) is 0 Å². The second-order valence-corrected chi connectivity index (χ2v) is 6.51. The molecule has 7 nitrogen and oxygen atoms in total. The molecule has 2 atom stereocenters. The number of Topliss-reactive ketones (excluding diaryl/α,β-unsaturated/α-hetero) is 1. The number of amides is 1. The fraction of sp³-hybridized carbons (Fsp3) is 0.526. The first-order chi connectivity index (χ1) is 12.5. The van der Waals surface area contributed by atoms with Gasteiger partial charge in [-0.15, -0.1) is 0 Å². The van der Waals surface area contributed by atoms with Crippen LogP contribution < -0.4 is 11.5 Å². The van der Waals surface area contributed by atoms with E-state index in [1.165, 1.54) is 4.90 Å². The number of carbonyl (C=O) groups is 3. The maximum absolute atomic E-state index is 12.5. The monoisotopic (exact) mass is 361 g/mol. The lowest BCUT2D eigenvalue weighted by atomic mass is 10.1. The average Bonchev–Trinajstić information content (AvgIpc) is 3.15. The van der Waals surface area contributed by atoms with Crippen LogP contribution in [0.1, 0.15) is 37.7 Å². The number of nitrogens with zero attached hydrogens (tertiary/aromatic N) is 1. The molecule has 1 fully saturated rings. The summed E-state index contributed by atoms with van der Waals surface area (Å²) < 4.78 is 5.10. The predicted molar refractivity (Wildman–Crippen MR) is 96.9 cm³/mol. The summed E-state index contributed by atoms with van der Waals surface area (Å²) in [6, 6.07) is 7.69. The van der Waals surface area contributed by atoms with Gasteiger partial charge in [-0.2, -0.15) is 0 Å². The number of hydrogen-bond donors (Lipinski definition) is 2. The number of likely N-dealkylation sites (tertiary alicyclic amines) is 1. The minimum atomic E-state index is -0.907. The molecule has 0 saturated carbocycles. The number of benzene rings is 1. The molecule has 1 saturated heterocycles. The quantitative estimate of drug-likeness (QED) is 0.381. The summed E-state index contributed by atoms with van der Waals surface area (Å²) in [7, 11) is 0. The van der Waals surface area contributed by atoms with E-state index in [1.54, 1.807) is 0 Å². The van der Waals surface area contributed by atoms with Gasteiger partial charge in [0.15, 0.2) is 0 Å². The van der Waals surface area contributed by atoms with E-state index in [4.69, 9.17) is 16.2 Å². The Balaban J connectivity index is 1.89. The Morgan fingerprint density at radius 1 is 1.19 bits per heavy atom.